The molecule has 1 aliphatic heterocycles. The van der Waals surface area contributed by atoms with Gasteiger partial charge in [-0.05, 0) is 0 Å². The van der Waals surface area contributed by atoms with Crippen LogP contribution in [0.25, 0.3) is 0 Å². The van der Waals surface area contributed by atoms with Crippen molar-refractivity contribution in [2.75, 3.05) is 6.61 Å². The minimum atomic E-state index is -5.31. The third kappa shape index (κ3) is 6.67. The quantitative estimate of drug-likeness (QED) is 0.447. The first kappa shape index (κ1) is 22.6. The molecule has 10 nitrogen and oxygen atoms in total. The summed E-state index contributed by atoms with van der Waals surface area (Å²) in [6.07, 6.45) is -12.2. The van der Waals surface area contributed by atoms with Crippen molar-refractivity contribution in [2.24, 2.45) is 0 Å². The third-order valence-corrected chi connectivity index (χ3v) is 3.28. The second kappa shape index (κ2) is 8.99. The average Bonchev–Trinajstić information content (AvgIpc) is 2.49. The fourth-order valence-electron chi connectivity index (χ4n) is 2.32. The fraction of sp³-hybridized carbons (Fsp3) is 0.714. The van der Waals surface area contributed by atoms with Gasteiger partial charge in [0, 0.05) is 20.8 Å². The van der Waals surface area contributed by atoms with Crippen molar-refractivity contribution in [1.29, 1.82) is 0 Å². The summed E-state index contributed by atoms with van der Waals surface area (Å²) in [7, 11) is 0. The van der Waals surface area contributed by atoms with Gasteiger partial charge in [-0.2, -0.15) is 13.2 Å². The molecule has 1 saturated heterocycles. The van der Waals surface area contributed by atoms with Crippen LogP contribution in [0.3, 0.4) is 0 Å². The zero-order chi connectivity index (χ0) is 20.9. The summed E-state index contributed by atoms with van der Waals surface area (Å²) >= 11 is 0. The Morgan fingerprint density at radius 1 is 1.00 bits per heavy atom. The summed E-state index contributed by atoms with van der Waals surface area (Å²) in [4.78, 5) is 44.9. The fourth-order valence-corrected chi connectivity index (χ4v) is 2.32. The van der Waals surface area contributed by atoms with E-state index in [0.717, 1.165) is 20.8 Å². The number of carbonyl (C=O) groups is 4. The number of aliphatic hydroxyl groups excluding tert-OH is 1. The van der Waals surface area contributed by atoms with Crippen molar-refractivity contribution in [2.45, 2.75) is 57.6 Å². The summed E-state index contributed by atoms with van der Waals surface area (Å²) in [5.41, 5.74) is 0. The number of alkyl halides is 3. The van der Waals surface area contributed by atoms with Crippen LogP contribution < -0.4 is 5.32 Å². The van der Waals surface area contributed by atoms with Gasteiger partial charge >= 0.3 is 30.0 Å². The lowest BCUT2D eigenvalue weighted by Crippen LogP contribution is -2.67. The van der Waals surface area contributed by atoms with E-state index in [1.54, 1.807) is 0 Å². The van der Waals surface area contributed by atoms with Crippen LogP contribution in [0, 0.1) is 0 Å². The van der Waals surface area contributed by atoms with Crippen LogP contribution in [0.15, 0.2) is 0 Å². The highest BCUT2D eigenvalue weighted by Gasteiger charge is 2.52. The number of aliphatic hydroxyl groups is 1. The maximum absolute atomic E-state index is 12.6. The van der Waals surface area contributed by atoms with Gasteiger partial charge in [-0.15, -0.1) is 0 Å². The SMILES string of the molecule is CC(=O)OC[C@@H]1O[C@H](O)[C@@H](OC(C)=O)[C@@H](NC(=O)C(F)(F)F)[C@H]1OC(C)=O. The number of amides is 1. The molecular weight excluding hydrogens is 383 g/mol. The molecule has 2 N–H and O–H groups in total. The first-order valence-corrected chi connectivity index (χ1v) is 7.52. The number of hydrogen-bond acceptors (Lipinski definition) is 9. The second-order valence-electron chi connectivity index (χ2n) is 5.51. The van der Waals surface area contributed by atoms with Gasteiger partial charge < -0.3 is 29.4 Å². The molecule has 0 saturated carbocycles. The number of hydrogen-bond donors (Lipinski definition) is 2. The van der Waals surface area contributed by atoms with Crippen molar-refractivity contribution in [3.8, 4) is 0 Å². The lowest BCUT2D eigenvalue weighted by atomic mass is 9.95. The van der Waals surface area contributed by atoms with E-state index >= 15 is 0 Å². The van der Waals surface area contributed by atoms with Gasteiger partial charge in [0.05, 0.1) is 0 Å². The van der Waals surface area contributed by atoms with Crippen LogP contribution in [0.1, 0.15) is 20.8 Å². The Morgan fingerprint density at radius 2 is 1.52 bits per heavy atom. The number of ether oxygens (including phenoxy) is 4. The lowest BCUT2D eigenvalue weighted by molar-refractivity contribution is -0.272. The van der Waals surface area contributed by atoms with Crippen LogP contribution in [0.2, 0.25) is 0 Å². The number of esters is 3. The number of nitrogens with one attached hydrogen (secondary N) is 1. The smallest absolute Gasteiger partial charge is 0.463 e. The van der Waals surface area contributed by atoms with Gasteiger partial charge in [0.25, 0.3) is 0 Å². The zero-order valence-corrected chi connectivity index (χ0v) is 14.4. The highest BCUT2D eigenvalue weighted by Crippen LogP contribution is 2.27. The van der Waals surface area contributed by atoms with Crippen molar-refractivity contribution in [3.63, 3.8) is 0 Å². The van der Waals surface area contributed by atoms with E-state index in [1.165, 1.54) is 5.32 Å². The molecule has 1 aliphatic rings. The lowest BCUT2D eigenvalue weighted by Gasteiger charge is -2.43. The topological polar surface area (TPSA) is 137 Å². The molecule has 27 heavy (non-hydrogen) atoms. The molecule has 0 radical (unpaired) electrons. The van der Waals surface area contributed by atoms with E-state index in [4.69, 9.17) is 14.2 Å². The predicted octanol–water partition coefficient (Wildman–Crippen LogP) is -0.823. The van der Waals surface area contributed by atoms with E-state index in [1.807, 2.05) is 0 Å². The monoisotopic (exact) mass is 401 g/mol. The van der Waals surface area contributed by atoms with Gasteiger partial charge in [-0.3, -0.25) is 19.2 Å². The third-order valence-electron chi connectivity index (χ3n) is 3.28. The Balaban J connectivity index is 3.23. The summed E-state index contributed by atoms with van der Waals surface area (Å²) in [6.45, 7) is 2.25. The summed E-state index contributed by atoms with van der Waals surface area (Å²) in [5, 5.41) is 11.5. The van der Waals surface area contributed by atoms with Crippen molar-refractivity contribution in [3.05, 3.63) is 0 Å². The summed E-state index contributed by atoms with van der Waals surface area (Å²) in [6, 6.07) is -1.84. The van der Waals surface area contributed by atoms with Crippen molar-refractivity contribution >= 4 is 23.8 Å². The molecule has 0 spiro atoms. The van der Waals surface area contributed by atoms with Crippen LogP contribution in [0.4, 0.5) is 13.2 Å². The molecule has 154 valence electrons. The molecule has 0 aliphatic carbocycles. The summed E-state index contributed by atoms with van der Waals surface area (Å²) in [5.74, 6) is -5.19. The molecule has 0 unspecified atom stereocenters. The van der Waals surface area contributed by atoms with Gasteiger partial charge in [0.1, 0.15) is 18.8 Å². The molecule has 0 aromatic carbocycles. The van der Waals surface area contributed by atoms with E-state index < -0.39 is 67.2 Å². The molecule has 0 aromatic rings. The van der Waals surface area contributed by atoms with Crippen molar-refractivity contribution < 1.29 is 56.4 Å². The highest BCUT2D eigenvalue weighted by atomic mass is 19.4. The second-order valence-corrected chi connectivity index (χ2v) is 5.51. The minimum Gasteiger partial charge on any atom is -0.463 e. The maximum atomic E-state index is 12.6. The highest BCUT2D eigenvalue weighted by molar-refractivity contribution is 5.82. The van der Waals surface area contributed by atoms with Crippen LogP contribution in [-0.4, -0.2) is 72.3 Å². The van der Waals surface area contributed by atoms with Gasteiger partial charge in [0.15, 0.2) is 18.5 Å². The number of halogens is 3. The van der Waals surface area contributed by atoms with Crippen LogP contribution >= 0.6 is 0 Å². The minimum absolute atomic E-state index is 0.616. The molecule has 1 heterocycles. The predicted molar refractivity (Wildman–Crippen MR) is 76.6 cm³/mol. The van der Waals surface area contributed by atoms with E-state index in [-0.39, 0.29) is 0 Å². The molecule has 1 amide bonds. The Labute approximate surface area is 150 Å². The van der Waals surface area contributed by atoms with Gasteiger partial charge in [0.2, 0.25) is 0 Å². The Bertz CT molecular complexity index is 595. The standard InChI is InChI=1S/C14H18F3NO9/c1-5(19)24-4-8-10(25-6(2)20)9(18-13(23)14(15,16)17)11(12(22)27-8)26-7(3)21/h8-12,22H,4H2,1-3H3,(H,18,23)/t8-,9-,10-,11-,12-/m0/s1. The molecule has 0 bridgehead atoms. The number of rotatable bonds is 5. The molecule has 1 fully saturated rings. The van der Waals surface area contributed by atoms with Crippen LogP contribution in [-0.2, 0) is 38.1 Å². The Hall–Kier alpha value is -2.41. The number of carbonyl (C=O) groups excluding carboxylic acids is 4. The normalized spacial score (nSPS) is 28.0. The van der Waals surface area contributed by atoms with E-state index in [9.17, 15) is 37.5 Å². The average molecular weight is 401 g/mol. The molecule has 1 rings (SSSR count). The van der Waals surface area contributed by atoms with E-state index in [2.05, 4.69) is 4.74 Å². The summed E-state index contributed by atoms with van der Waals surface area (Å²) < 4.78 is 57.2. The first-order chi connectivity index (χ1) is 12.3. The Morgan fingerprint density at radius 3 is 1.96 bits per heavy atom. The van der Waals surface area contributed by atoms with Crippen molar-refractivity contribution in [1.82, 2.24) is 5.32 Å². The zero-order valence-electron chi connectivity index (χ0n) is 14.4. The van der Waals surface area contributed by atoms with E-state index in [0.29, 0.717) is 0 Å². The molecule has 5 atom stereocenters. The van der Waals surface area contributed by atoms with Crippen LogP contribution in [0.5, 0.6) is 0 Å². The first-order valence-electron chi connectivity index (χ1n) is 7.52. The molecule has 0 aromatic heterocycles. The molecular formula is C14H18F3NO9. The molecule has 13 heteroatoms. The maximum Gasteiger partial charge on any atom is 0.471 e. The largest absolute Gasteiger partial charge is 0.471 e. The van der Waals surface area contributed by atoms with Gasteiger partial charge in [-0.25, -0.2) is 0 Å². The van der Waals surface area contributed by atoms with Gasteiger partial charge in [-0.1, -0.05) is 0 Å². The Kier molecular flexibility index (Phi) is 7.54.